The fraction of sp³-hybridized carbons (Fsp3) is 0.319. The maximum atomic E-state index is 13.9. The van der Waals surface area contributed by atoms with Crippen LogP contribution in [0, 0.1) is 0 Å². The number of aromatic nitrogens is 8. The number of aliphatic hydroxyl groups excluding tert-OH is 1. The number of hydrogen-bond acceptors (Lipinski definition) is 26. The molecule has 8 bridgehead atoms. The van der Waals surface area contributed by atoms with Crippen LogP contribution < -0.4 is 71.3 Å². The number of nitrogens with zero attached hydrogens (tertiary/aromatic N) is 8. The summed E-state index contributed by atoms with van der Waals surface area (Å²) in [7, 11) is -35.8. The van der Waals surface area contributed by atoms with E-state index < -0.39 is 151 Å². The minimum Gasteiger partial charge on any atom is -0.748 e. The predicted molar refractivity (Wildman–Crippen MR) is 298 cm³/mol. The predicted octanol–water partition coefficient (Wildman–Crippen LogP) is -8.27. The SMILES string of the molecule is CC(O)CNS(=O)(=O)CCCS(=O)(=O)c1ccc2c(c1)-c1nc-2nc2[n-]c(nc3nc(nc4[n-]c(n1)c1ccc(S(=O)(=O)CCCS(=O)(=O)[O-])cc41)-c1ccc(S(=O)(=O)CCCS(=O)(=O)[O-])cc1-3)c1ccc(S(=O)(=O)CCCS(=O)(=O)[O-])cc21.[Cu].[Li+].[Li+].[Li+]. The molecule has 1 unspecified atom stereocenters. The van der Waals surface area contributed by atoms with E-state index in [2.05, 4.69) is 24.7 Å². The number of sulfonamides is 1. The molecule has 461 valence electrons. The van der Waals surface area contributed by atoms with Gasteiger partial charge in [-0.05, 0) is 103 Å². The number of fused-ring (bicyclic) bond motifs is 20. The molecule has 2 aliphatic rings. The molecule has 0 fully saturated rings. The van der Waals surface area contributed by atoms with E-state index in [1.807, 2.05) is 0 Å². The van der Waals surface area contributed by atoms with Gasteiger partial charge in [0, 0.05) is 85.7 Å². The van der Waals surface area contributed by atoms with E-state index in [1.54, 1.807) is 0 Å². The van der Waals surface area contributed by atoms with Crippen molar-refractivity contribution < 1.29 is 160 Å². The number of benzene rings is 4. The summed E-state index contributed by atoms with van der Waals surface area (Å²) in [6.45, 7) is 1.03. The van der Waals surface area contributed by atoms with Gasteiger partial charge in [-0.25, -0.2) is 82.0 Å². The molecule has 0 saturated carbocycles. The van der Waals surface area contributed by atoms with Crippen molar-refractivity contribution in [3.8, 4) is 45.6 Å². The van der Waals surface area contributed by atoms with Crippen molar-refractivity contribution in [1.82, 2.24) is 44.6 Å². The summed E-state index contributed by atoms with van der Waals surface area (Å²) in [6, 6.07) is 14.3. The van der Waals surface area contributed by atoms with Crippen molar-refractivity contribution >= 4 is 124 Å². The Labute approximate surface area is 552 Å². The Morgan fingerprint density at radius 1 is 0.398 bits per heavy atom. The summed E-state index contributed by atoms with van der Waals surface area (Å²) < 4.78 is 240. The molecule has 1 atom stereocenters. The number of rotatable bonds is 23. The second-order valence-electron chi connectivity index (χ2n) is 19.3. The van der Waals surface area contributed by atoms with E-state index in [1.165, 1.54) is 43.3 Å². The van der Waals surface area contributed by atoms with E-state index in [4.69, 9.17) is 19.9 Å². The zero-order valence-corrected chi connectivity index (χ0v) is 54.0. The zero-order valence-electron chi connectivity index (χ0n) is 46.5. The van der Waals surface area contributed by atoms with Crippen LogP contribution in [0.15, 0.2) is 92.4 Å². The van der Waals surface area contributed by atoms with E-state index in [9.17, 15) is 86.1 Å². The van der Waals surface area contributed by atoms with Crippen LogP contribution in [0.4, 0.5) is 0 Å². The zero-order chi connectivity index (χ0) is 61.2. The van der Waals surface area contributed by atoms with Gasteiger partial charge in [0.15, 0.2) is 39.3 Å². The summed E-state index contributed by atoms with van der Waals surface area (Å²) in [5, 5.41) is 9.63. The molecule has 88 heavy (non-hydrogen) atoms. The van der Waals surface area contributed by atoms with Crippen molar-refractivity contribution in [2.45, 2.75) is 58.3 Å². The molecule has 0 spiro atoms. The Morgan fingerprint density at radius 2 is 0.682 bits per heavy atom. The van der Waals surface area contributed by atoms with Gasteiger partial charge in [-0.1, -0.05) is 24.3 Å². The van der Waals surface area contributed by atoms with Gasteiger partial charge in [-0.15, -0.1) is 0 Å². The average Bonchev–Trinajstić information content (AvgIpc) is 1.60. The van der Waals surface area contributed by atoms with Crippen molar-refractivity contribution in [3.05, 3.63) is 72.8 Å². The maximum absolute atomic E-state index is 13.9. The molecule has 2 N–H and O–H groups in total. The first kappa shape index (κ1) is 74.7. The van der Waals surface area contributed by atoms with Crippen LogP contribution in [-0.4, -0.2) is 175 Å². The molecule has 9 rings (SSSR count). The normalized spacial score (nSPS) is 13.3. The molecule has 0 saturated heterocycles. The van der Waals surface area contributed by atoms with Crippen LogP contribution in [0.3, 0.4) is 0 Å². The number of nitrogens with one attached hydrogen (secondary N) is 1. The molecule has 5 heterocycles. The minimum atomic E-state index is -4.81. The third-order valence-corrected chi connectivity index (χ3v) is 23.9. The van der Waals surface area contributed by atoms with E-state index in [0.717, 1.165) is 36.4 Å². The van der Waals surface area contributed by atoms with Gasteiger partial charge in [0.25, 0.3) is 0 Å². The van der Waals surface area contributed by atoms with Gasteiger partial charge in [0.05, 0.1) is 108 Å². The monoisotopic (exact) mass is 1390 g/mol. The molecule has 3 aromatic heterocycles. The fourth-order valence-electron chi connectivity index (χ4n) is 8.86. The third kappa shape index (κ3) is 17.7. The van der Waals surface area contributed by atoms with Gasteiger partial charge >= 0.3 is 56.6 Å². The molecule has 2 aliphatic heterocycles. The maximum Gasteiger partial charge on any atom is 1.00 e. The molecule has 0 aliphatic carbocycles. The Morgan fingerprint density at radius 3 is 1.00 bits per heavy atom. The van der Waals surface area contributed by atoms with Crippen molar-refractivity contribution in [3.63, 3.8) is 0 Å². The van der Waals surface area contributed by atoms with Gasteiger partial charge in [-0.2, -0.15) is 0 Å². The minimum absolute atomic E-state index is 0. The summed E-state index contributed by atoms with van der Waals surface area (Å²) in [4.78, 5) is 35.9. The first-order valence-electron chi connectivity index (χ1n) is 24.6. The molecular weight excluding hydrogens is 1350 g/mol. The molecule has 0 amide bonds. The van der Waals surface area contributed by atoms with Crippen LogP contribution in [0.25, 0.3) is 89.7 Å². The fourth-order valence-corrected chi connectivity index (χ4v) is 17.6. The largest absolute Gasteiger partial charge is 1.00 e. The topological polar surface area (TPSA) is 480 Å². The summed E-state index contributed by atoms with van der Waals surface area (Å²) in [5.74, 6) is -7.71. The molecule has 7 aromatic rings. The standard InChI is InChI=1S/C47H47N9O20S8.Cu.3Li/c1-27(57)26-48-81(66,67)18-2-14-77(58,59)28-6-10-32-36(22-28)44-49-40(32)51-45-38-24-30(79(62,63)16-4-20-83(71,72)73)8-12-34(38)42(53-45)55-47-39-25-31(80(64,65)17-5-21-84(74,75)76)9-13-35(39)43(56-47)54-46-37-23-29(7-11-33(37)41(50-44)52-46)78(60,61)15-3-19-82(68,69)70;;;;/h6-13,22-25,27,48,57H,2-5,14-21,26H2,1H3,(H3-2,49,50,51,52,53,54,55,56,68,69,70,71,72,73,74,75,76);;;;/q-2;;3*+1/p-3. The number of aliphatic hydroxyl groups is 1. The summed E-state index contributed by atoms with van der Waals surface area (Å²) in [5.41, 5.74) is -0.960. The Bertz CT molecular complexity index is 4970. The van der Waals surface area contributed by atoms with E-state index in [0.29, 0.717) is 0 Å². The Hall–Kier alpha value is -4.05. The Balaban J connectivity index is 0.00000353. The van der Waals surface area contributed by atoms with Gasteiger partial charge in [0.1, 0.15) is 0 Å². The molecule has 29 nitrogen and oxygen atoms in total. The average molecular weight is 1400 g/mol. The third-order valence-electron chi connectivity index (χ3n) is 12.9. The van der Waals surface area contributed by atoms with Crippen molar-refractivity contribution in [1.29, 1.82) is 0 Å². The smallest absolute Gasteiger partial charge is 0.748 e. The first-order chi connectivity index (χ1) is 39.0. The molecular formula is C47H44CuLi3N9O20S8-2. The van der Waals surface area contributed by atoms with Crippen molar-refractivity contribution in [2.24, 2.45) is 0 Å². The second kappa shape index (κ2) is 28.0. The summed E-state index contributed by atoms with van der Waals surface area (Å²) >= 11 is 0. The second-order valence-corrected chi connectivity index (χ2v) is 34.2. The van der Waals surface area contributed by atoms with E-state index in [-0.39, 0.29) is 196 Å². The quantitative estimate of drug-likeness (QED) is 0.0444. The van der Waals surface area contributed by atoms with Gasteiger partial charge in [-0.3, -0.25) is 0 Å². The van der Waals surface area contributed by atoms with E-state index >= 15 is 0 Å². The number of hydrogen-bond donors (Lipinski definition) is 2. The number of sulfone groups is 4. The van der Waals surface area contributed by atoms with Crippen LogP contribution in [0.2, 0.25) is 0 Å². The van der Waals surface area contributed by atoms with Crippen LogP contribution in [0.5, 0.6) is 0 Å². The van der Waals surface area contributed by atoms with Gasteiger partial charge < -0.3 is 48.7 Å². The molecule has 4 aromatic carbocycles. The molecule has 1 radical (unpaired) electrons. The van der Waals surface area contributed by atoms with Crippen LogP contribution in [0.1, 0.15) is 32.6 Å². The molecule has 41 heteroatoms. The summed E-state index contributed by atoms with van der Waals surface area (Å²) in [6.07, 6.45) is -3.11. The van der Waals surface area contributed by atoms with Crippen LogP contribution >= 0.6 is 0 Å². The van der Waals surface area contributed by atoms with Gasteiger partial charge in [0.2, 0.25) is 10.0 Å². The Kier molecular flexibility index (Phi) is 23.8. The first-order valence-corrected chi connectivity index (χ1v) is 37.6. The van der Waals surface area contributed by atoms with Crippen LogP contribution in [-0.2, 0) is 96.8 Å². The van der Waals surface area contributed by atoms with Crippen molar-refractivity contribution in [2.75, 3.05) is 52.6 Å².